The Morgan fingerprint density at radius 3 is 1.61 bits per heavy atom. The number of rotatable bonds is 2. The molecule has 0 spiro atoms. The average Bonchev–Trinajstić information content (AvgIpc) is 3.09. The van der Waals surface area contributed by atoms with E-state index in [0.717, 1.165) is 22.3 Å². The number of carbonyl (C=O) groups is 2. The molecular formula is C27H22N2O4. The second-order valence-corrected chi connectivity index (χ2v) is 9.69. The first-order chi connectivity index (χ1) is 15.7. The van der Waals surface area contributed by atoms with Crippen LogP contribution in [0.15, 0.2) is 66.7 Å². The van der Waals surface area contributed by atoms with Gasteiger partial charge in [0.1, 0.15) is 0 Å². The van der Waals surface area contributed by atoms with Crippen molar-refractivity contribution in [3.05, 3.63) is 105 Å². The highest BCUT2D eigenvalue weighted by atomic mass is 16.6. The molecule has 0 radical (unpaired) electrons. The second-order valence-electron chi connectivity index (χ2n) is 9.69. The van der Waals surface area contributed by atoms with Crippen LogP contribution < -0.4 is 4.90 Å². The standard InChI is InChI=1S/C27H22N2O4/c1-15-12-13-16(14-21(15)29(32)33)28-24(30)22-23(25(28)31)27(3)19-10-6-4-8-17(19)26(22,2)18-9-5-7-11-20(18)27/h4-14,22-23H,1-3H3/t22-,23-,26?,27?/m1/s1. The first kappa shape index (κ1) is 19.9. The molecule has 0 saturated carbocycles. The van der Waals surface area contributed by atoms with Crippen LogP contribution in [-0.2, 0) is 20.4 Å². The molecule has 1 fully saturated rings. The third-order valence-electron chi connectivity index (χ3n) is 8.29. The number of carbonyl (C=O) groups excluding carboxylic acids is 2. The number of amides is 2. The van der Waals surface area contributed by atoms with Crippen LogP contribution in [0.5, 0.6) is 0 Å². The summed E-state index contributed by atoms with van der Waals surface area (Å²) in [4.78, 5) is 40.3. The van der Waals surface area contributed by atoms with E-state index in [2.05, 4.69) is 38.1 Å². The van der Waals surface area contributed by atoms with Gasteiger partial charge in [-0.15, -0.1) is 0 Å². The van der Waals surface area contributed by atoms with Crippen molar-refractivity contribution in [1.29, 1.82) is 0 Å². The van der Waals surface area contributed by atoms with E-state index in [4.69, 9.17) is 0 Å². The number of anilines is 1. The maximum atomic E-state index is 14.0. The summed E-state index contributed by atoms with van der Waals surface area (Å²) in [5, 5.41) is 11.5. The lowest BCUT2D eigenvalue weighted by Crippen LogP contribution is -2.59. The van der Waals surface area contributed by atoms with Crippen LogP contribution in [0.3, 0.4) is 0 Å². The molecule has 1 saturated heterocycles. The van der Waals surface area contributed by atoms with Crippen LogP contribution in [0, 0.1) is 28.9 Å². The Hall–Kier alpha value is -3.80. The van der Waals surface area contributed by atoms with Gasteiger partial charge in [-0.2, -0.15) is 0 Å². The van der Waals surface area contributed by atoms with Crippen molar-refractivity contribution in [2.24, 2.45) is 11.8 Å². The number of nitrogens with zero attached hydrogens (tertiary/aromatic N) is 2. The first-order valence-corrected chi connectivity index (χ1v) is 11.0. The molecule has 1 aliphatic heterocycles. The van der Waals surface area contributed by atoms with Gasteiger partial charge in [-0.3, -0.25) is 19.7 Å². The monoisotopic (exact) mass is 438 g/mol. The molecule has 1 heterocycles. The van der Waals surface area contributed by atoms with Crippen LogP contribution in [0.4, 0.5) is 11.4 Å². The Balaban J connectivity index is 1.62. The van der Waals surface area contributed by atoms with Gasteiger partial charge in [0.25, 0.3) is 5.69 Å². The van der Waals surface area contributed by atoms with Crippen LogP contribution in [-0.4, -0.2) is 16.7 Å². The predicted molar refractivity (Wildman–Crippen MR) is 123 cm³/mol. The number of hydrogen-bond donors (Lipinski definition) is 0. The zero-order chi connectivity index (χ0) is 23.3. The highest BCUT2D eigenvalue weighted by Gasteiger charge is 2.70. The maximum Gasteiger partial charge on any atom is 0.274 e. The lowest BCUT2D eigenvalue weighted by molar-refractivity contribution is -0.385. The van der Waals surface area contributed by atoms with Gasteiger partial charge in [0, 0.05) is 22.5 Å². The fourth-order valence-electron chi connectivity index (χ4n) is 6.76. The molecule has 0 N–H and O–H groups in total. The quantitative estimate of drug-likeness (QED) is 0.331. The van der Waals surface area contributed by atoms with E-state index in [9.17, 15) is 19.7 Å². The molecule has 3 aromatic carbocycles. The van der Waals surface area contributed by atoms with E-state index in [0.29, 0.717) is 5.56 Å². The van der Waals surface area contributed by atoms with Gasteiger partial charge in [-0.05, 0) is 35.2 Å². The Kier molecular flexibility index (Phi) is 3.71. The van der Waals surface area contributed by atoms with E-state index >= 15 is 0 Å². The fourth-order valence-corrected chi connectivity index (χ4v) is 6.76. The number of imide groups is 1. The predicted octanol–water partition coefficient (Wildman–Crippen LogP) is 4.65. The molecular weight excluding hydrogens is 416 g/mol. The molecule has 33 heavy (non-hydrogen) atoms. The molecule has 164 valence electrons. The summed E-state index contributed by atoms with van der Waals surface area (Å²) in [7, 11) is 0. The lowest BCUT2D eigenvalue weighted by Gasteiger charge is -2.57. The van der Waals surface area contributed by atoms with Crippen molar-refractivity contribution in [3.8, 4) is 0 Å². The summed E-state index contributed by atoms with van der Waals surface area (Å²) in [5.74, 6) is -1.75. The molecule has 7 rings (SSSR count). The summed E-state index contributed by atoms with van der Waals surface area (Å²) < 4.78 is 0. The van der Waals surface area contributed by atoms with Gasteiger partial charge in [-0.1, -0.05) is 68.4 Å². The Labute approximate surface area is 191 Å². The van der Waals surface area contributed by atoms with Crippen LogP contribution in [0.2, 0.25) is 0 Å². The van der Waals surface area contributed by atoms with Crippen molar-refractivity contribution in [2.75, 3.05) is 4.90 Å². The van der Waals surface area contributed by atoms with Gasteiger partial charge >= 0.3 is 0 Å². The van der Waals surface area contributed by atoms with Crippen LogP contribution in [0.1, 0.15) is 41.7 Å². The number of hydrogen-bond acceptors (Lipinski definition) is 4. The fraction of sp³-hybridized carbons (Fsp3) is 0.259. The molecule has 3 aromatic rings. The zero-order valence-electron chi connectivity index (χ0n) is 18.5. The van der Waals surface area contributed by atoms with Crippen molar-refractivity contribution < 1.29 is 14.5 Å². The zero-order valence-corrected chi connectivity index (χ0v) is 18.5. The number of benzene rings is 3. The molecule has 2 bridgehead atoms. The number of nitro benzene ring substituents is 1. The van der Waals surface area contributed by atoms with Gasteiger partial charge in [0.05, 0.1) is 22.4 Å². The topological polar surface area (TPSA) is 80.5 Å². The summed E-state index contributed by atoms with van der Waals surface area (Å²) >= 11 is 0. The normalized spacial score (nSPS) is 29.0. The van der Waals surface area contributed by atoms with Gasteiger partial charge in [0.15, 0.2) is 0 Å². The van der Waals surface area contributed by atoms with Gasteiger partial charge in [-0.25, -0.2) is 4.90 Å². The van der Waals surface area contributed by atoms with Crippen molar-refractivity contribution >= 4 is 23.2 Å². The molecule has 0 unspecified atom stereocenters. The summed E-state index contributed by atoms with van der Waals surface area (Å²) in [6.45, 7) is 5.77. The van der Waals surface area contributed by atoms with Crippen LogP contribution in [0.25, 0.3) is 0 Å². The first-order valence-electron chi connectivity index (χ1n) is 11.0. The third-order valence-corrected chi connectivity index (χ3v) is 8.29. The third kappa shape index (κ3) is 2.14. The molecule has 2 amide bonds. The van der Waals surface area contributed by atoms with Gasteiger partial charge in [0.2, 0.25) is 11.8 Å². The molecule has 3 aliphatic carbocycles. The maximum absolute atomic E-state index is 14.0. The van der Waals surface area contributed by atoms with Crippen molar-refractivity contribution in [3.63, 3.8) is 0 Å². The molecule has 4 aliphatic rings. The molecule has 6 nitrogen and oxygen atoms in total. The summed E-state index contributed by atoms with van der Waals surface area (Å²) in [5.41, 5.74) is 3.60. The highest BCUT2D eigenvalue weighted by Crippen LogP contribution is 2.66. The molecule has 2 atom stereocenters. The average molecular weight is 438 g/mol. The minimum Gasteiger partial charge on any atom is -0.274 e. The molecule has 0 aromatic heterocycles. The Morgan fingerprint density at radius 1 is 0.788 bits per heavy atom. The minimum absolute atomic E-state index is 0.102. The summed E-state index contributed by atoms with van der Waals surface area (Å²) in [6.07, 6.45) is 0. The Morgan fingerprint density at radius 2 is 1.21 bits per heavy atom. The smallest absolute Gasteiger partial charge is 0.274 e. The van der Waals surface area contributed by atoms with Crippen molar-refractivity contribution in [1.82, 2.24) is 0 Å². The van der Waals surface area contributed by atoms with E-state index < -0.39 is 27.6 Å². The van der Waals surface area contributed by atoms with E-state index in [-0.39, 0.29) is 23.2 Å². The van der Waals surface area contributed by atoms with E-state index in [1.54, 1.807) is 19.1 Å². The van der Waals surface area contributed by atoms with Crippen molar-refractivity contribution in [2.45, 2.75) is 31.6 Å². The lowest BCUT2D eigenvalue weighted by atomic mass is 9.42. The van der Waals surface area contributed by atoms with Crippen LogP contribution >= 0.6 is 0 Å². The Bertz CT molecular complexity index is 1290. The largest absolute Gasteiger partial charge is 0.274 e. The second kappa shape index (κ2) is 6.16. The number of nitro groups is 1. The van der Waals surface area contributed by atoms with E-state index in [1.807, 2.05) is 24.3 Å². The highest BCUT2D eigenvalue weighted by molar-refractivity contribution is 6.24. The summed E-state index contributed by atoms with van der Waals surface area (Å²) in [6, 6.07) is 20.8. The SMILES string of the molecule is Cc1ccc(N2C(=O)[C@H]3[C@H](C2=O)C2(C)c4ccccc4C3(C)c3ccccc32)cc1[N+](=O)[O-]. The molecule has 6 heteroatoms. The minimum atomic E-state index is -0.673. The van der Waals surface area contributed by atoms with E-state index in [1.165, 1.54) is 11.0 Å². The number of aryl methyl sites for hydroxylation is 1. The van der Waals surface area contributed by atoms with Gasteiger partial charge < -0.3 is 0 Å².